The van der Waals surface area contributed by atoms with Gasteiger partial charge in [0.1, 0.15) is 0 Å². The summed E-state index contributed by atoms with van der Waals surface area (Å²) in [5.74, 6) is -0.757. The van der Waals surface area contributed by atoms with Gasteiger partial charge in [0.2, 0.25) is 0 Å². The average Bonchev–Trinajstić information content (AvgIpc) is 2.83. The molecule has 3 heteroatoms. The van der Waals surface area contributed by atoms with Crippen LogP contribution in [-0.2, 0) is 11.2 Å². The third-order valence-electron chi connectivity index (χ3n) is 3.90. The summed E-state index contributed by atoms with van der Waals surface area (Å²) in [6.07, 6.45) is 1.09. The second kappa shape index (κ2) is 5.00. The number of hydrogen-bond donors (Lipinski definition) is 1. The molecule has 102 valence electrons. The molecule has 1 N–H and O–H groups in total. The van der Waals surface area contributed by atoms with Gasteiger partial charge in [-0.1, -0.05) is 36.4 Å². The Kier molecular flexibility index (Phi) is 3.18. The lowest BCUT2D eigenvalue weighted by molar-refractivity contribution is -0.136. The third kappa shape index (κ3) is 2.16. The van der Waals surface area contributed by atoms with E-state index in [1.807, 2.05) is 18.0 Å². The van der Waals surface area contributed by atoms with E-state index in [0.29, 0.717) is 6.54 Å². The first-order valence-electron chi connectivity index (χ1n) is 6.80. The zero-order valence-corrected chi connectivity index (χ0v) is 11.5. The lowest BCUT2D eigenvalue weighted by atomic mass is 10.0. The molecule has 0 radical (unpaired) electrons. The molecule has 2 aromatic rings. The van der Waals surface area contributed by atoms with Crippen LogP contribution in [-0.4, -0.2) is 24.7 Å². The van der Waals surface area contributed by atoms with Gasteiger partial charge in [-0.05, 0) is 28.3 Å². The van der Waals surface area contributed by atoms with Crippen LogP contribution in [0.4, 0.5) is 5.69 Å². The maximum atomic E-state index is 10.7. The number of anilines is 1. The van der Waals surface area contributed by atoms with Gasteiger partial charge in [0, 0.05) is 25.7 Å². The molecule has 0 aliphatic heterocycles. The van der Waals surface area contributed by atoms with E-state index in [1.54, 1.807) is 0 Å². The van der Waals surface area contributed by atoms with Crippen LogP contribution in [0.15, 0.2) is 42.5 Å². The molecule has 3 rings (SSSR count). The van der Waals surface area contributed by atoms with Gasteiger partial charge in [-0.15, -0.1) is 0 Å². The van der Waals surface area contributed by atoms with Crippen molar-refractivity contribution < 1.29 is 9.90 Å². The fraction of sp³-hybridized carbons (Fsp3) is 0.235. The van der Waals surface area contributed by atoms with Crippen molar-refractivity contribution in [2.75, 3.05) is 18.5 Å². The van der Waals surface area contributed by atoms with E-state index in [0.717, 1.165) is 12.1 Å². The fourth-order valence-corrected chi connectivity index (χ4v) is 2.88. The van der Waals surface area contributed by atoms with Crippen LogP contribution in [0.25, 0.3) is 11.1 Å². The molecule has 0 atom stereocenters. The summed E-state index contributed by atoms with van der Waals surface area (Å²) >= 11 is 0. The van der Waals surface area contributed by atoms with Crippen molar-refractivity contribution in [1.29, 1.82) is 0 Å². The van der Waals surface area contributed by atoms with Gasteiger partial charge in [-0.25, -0.2) is 0 Å². The van der Waals surface area contributed by atoms with Gasteiger partial charge in [-0.2, -0.15) is 0 Å². The maximum absolute atomic E-state index is 10.7. The van der Waals surface area contributed by atoms with Crippen molar-refractivity contribution in [3.63, 3.8) is 0 Å². The zero-order chi connectivity index (χ0) is 14.1. The Labute approximate surface area is 118 Å². The molecule has 0 unspecified atom stereocenters. The van der Waals surface area contributed by atoms with Gasteiger partial charge < -0.3 is 10.0 Å². The molecular weight excluding hydrogens is 250 g/mol. The Bertz CT molecular complexity index is 664. The monoisotopic (exact) mass is 267 g/mol. The van der Waals surface area contributed by atoms with E-state index >= 15 is 0 Å². The highest BCUT2D eigenvalue weighted by molar-refractivity contribution is 5.82. The van der Waals surface area contributed by atoms with Crippen LogP contribution in [0.3, 0.4) is 0 Å². The van der Waals surface area contributed by atoms with Crippen LogP contribution in [0, 0.1) is 0 Å². The Balaban J connectivity index is 1.95. The minimum atomic E-state index is -0.757. The quantitative estimate of drug-likeness (QED) is 0.789. The van der Waals surface area contributed by atoms with Crippen LogP contribution in [0.1, 0.15) is 17.5 Å². The summed E-state index contributed by atoms with van der Waals surface area (Å²) in [5.41, 5.74) is 6.37. The first-order valence-corrected chi connectivity index (χ1v) is 6.80. The number of fused-ring (bicyclic) bond motifs is 3. The van der Waals surface area contributed by atoms with Gasteiger partial charge in [0.05, 0.1) is 6.42 Å². The normalized spacial score (nSPS) is 11.8. The van der Waals surface area contributed by atoms with Crippen molar-refractivity contribution in [2.45, 2.75) is 12.8 Å². The Hall–Kier alpha value is -2.29. The summed E-state index contributed by atoms with van der Waals surface area (Å²) in [6.45, 7) is 0.530. The summed E-state index contributed by atoms with van der Waals surface area (Å²) in [5, 5.41) is 8.82. The number of nitrogens with zero attached hydrogens (tertiary/aromatic N) is 1. The number of carbonyl (C=O) groups is 1. The minimum absolute atomic E-state index is 0.160. The molecule has 0 saturated heterocycles. The predicted octanol–water partition coefficient (Wildman–Crippen LogP) is 3.17. The molecule has 0 aromatic heterocycles. The number of carboxylic acid groups (broad SMARTS) is 1. The molecule has 1 aliphatic rings. The molecular formula is C17H17NO2. The summed E-state index contributed by atoms with van der Waals surface area (Å²) in [7, 11) is 1.96. The SMILES string of the molecule is CN(CCC(=O)O)c1cccc2c1Cc1ccccc1-2. The second-order valence-corrected chi connectivity index (χ2v) is 5.20. The van der Waals surface area contributed by atoms with E-state index in [2.05, 4.69) is 36.4 Å². The Morgan fingerprint density at radius 1 is 1.15 bits per heavy atom. The van der Waals surface area contributed by atoms with Crippen LogP contribution >= 0.6 is 0 Å². The minimum Gasteiger partial charge on any atom is -0.481 e. The second-order valence-electron chi connectivity index (χ2n) is 5.20. The Morgan fingerprint density at radius 2 is 1.90 bits per heavy atom. The van der Waals surface area contributed by atoms with Gasteiger partial charge >= 0.3 is 5.97 Å². The number of hydrogen-bond acceptors (Lipinski definition) is 2. The van der Waals surface area contributed by atoms with Crippen LogP contribution in [0.5, 0.6) is 0 Å². The summed E-state index contributed by atoms with van der Waals surface area (Å²) in [4.78, 5) is 12.8. The van der Waals surface area contributed by atoms with Crippen molar-refractivity contribution >= 4 is 11.7 Å². The van der Waals surface area contributed by atoms with Crippen LogP contribution < -0.4 is 4.90 Å². The molecule has 2 aromatic carbocycles. The van der Waals surface area contributed by atoms with Crippen molar-refractivity contribution in [2.24, 2.45) is 0 Å². The van der Waals surface area contributed by atoms with Crippen molar-refractivity contribution in [3.8, 4) is 11.1 Å². The molecule has 0 heterocycles. The van der Waals surface area contributed by atoms with Gasteiger partial charge in [0.25, 0.3) is 0 Å². The van der Waals surface area contributed by atoms with Gasteiger partial charge in [-0.3, -0.25) is 4.79 Å². The maximum Gasteiger partial charge on any atom is 0.305 e. The fourth-order valence-electron chi connectivity index (χ4n) is 2.88. The molecule has 20 heavy (non-hydrogen) atoms. The molecule has 0 fully saturated rings. The first kappa shape index (κ1) is 12.7. The first-order chi connectivity index (χ1) is 9.66. The van der Waals surface area contributed by atoms with E-state index in [-0.39, 0.29) is 6.42 Å². The van der Waals surface area contributed by atoms with Crippen LogP contribution in [0.2, 0.25) is 0 Å². The molecule has 0 saturated carbocycles. The highest BCUT2D eigenvalue weighted by Gasteiger charge is 2.21. The van der Waals surface area contributed by atoms with Crippen molar-refractivity contribution in [1.82, 2.24) is 0 Å². The molecule has 0 bridgehead atoms. The molecule has 1 aliphatic carbocycles. The average molecular weight is 267 g/mol. The zero-order valence-electron chi connectivity index (χ0n) is 11.5. The van der Waals surface area contributed by atoms with E-state index in [4.69, 9.17) is 5.11 Å². The highest BCUT2D eigenvalue weighted by atomic mass is 16.4. The highest BCUT2D eigenvalue weighted by Crippen LogP contribution is 2.40. The third-order valence-corrected chi connectivity index (χ3v) is 3.90. The number of carboxylic acids is 1. The summed E-state index contributed by atoms with van der Waals surface area (Å²) < 4.78 is 0. The smallest absolute Gasteiger partial charge is 0.305 e. The number of rotatable bonds is 4. The molecule has 3 nitrogen and oxygen atoms in total. The Morgan fingerprint density at radius 3 is 2.70 bits per heavy atom. The lowest BCUT2D eigenvalue weighted by Gasteiger charge is -2.21. The van der Waals surface area contributed by atoms with E-state index in [1.165, 1.54) is 22.3 Å². The van der Waals surface area contributed by atoms with Gasteiger partial charge in [0.15, 0.2) is 0 Å². The molecule has 0 amide bonds. The number of benzene rings is 2. The number of aliphatic carboxylic acids is 1. The largest absolute Gasteiger partial charge is 0.481 e. The van der Waals surface area contributed by atoms with E-state index in [9.17, 15) is 4.79 Å². The molecule has 0 spiro atoms. The predicted molar refractivity (Wildman–Crippen MR) is 80.2 cm³/mol. The topological polar surface area (TPSA) is 40.5 Å². The summed E-state index contributed by atoms with van der Waals surface area (Å²) in [6, 6.07) is 14.7. The van der Waals surface area contributed by atoms with Crippen molar-refractivity contribution in [3.05, 3.63) is 53.6 Å². The van der Waals surface area contributed by atoms with E-state index < -0.39 is 5.97 Å². The standard InChI is InChI=1S/C17H17NO2/c1-18(10-9-17(19)20)16-8-4-7-14-13-6-3-2-5-12(13)11-15(14)16/h2-8H,9-11H2,1H3,(H,19,20). The lowest BCUT2D eigenvalue weighted by Crippen LogP contribution is -2.22.